The predicted molar refractivity (Wildman–Crippen MR) is 125 cm³/mol. The SMILES string of the molecule is C/C=C/c1ccc(-c2ccc3cc(CCCCCCCC)oc(=O)c3c2Cl)cc1. The molecule has 0 N–H and O–H groups in total. The van der Waals surface area contributed by atoms with Crippen molar-refractivity contribution in [2.24, 2.45) is 0 Å². The zero-order valence-corrected chi connectivity index (χ0v) is 18.1. The number of halogens is 1. The van der Waals surface area contributed by atoms with Gasteiger partial charge in [-0.25, -0.2) is 4.79 Å². The monoisotopic (exact) mass is 408 g/mol. The molecule has 29 heavy (non-hydrogen) atoms. The number of fused-ring (bicyclic) bond motifs is 1. The molecule has 0 amide bonds. The number of unbranched alkanes of at least 4 members (excludes halogenated alkanes) is 5. The fourth-order valence-corrected chi connectivity index (χ4v) is 4.04. The first-order valence-corrected chi connectivity index (χ1v) is 11.0. The Labute approximate surface area is 178 Å². The quantitative estimate of drug-likeness (QED) is 0.335. The second kappa shape index (κ2) is 10.5. The molecule has 0 atom stereocenters. The van der Waals surface area contributed by atoms with Crippen molar-refractivity contribution in [1.82, 2.24) is 0 Å². The molecular weight excluding hydrogens is 380 g/mol. The van der Waals surface area contributed by atoms with Crippen molar-refractivity contribution in [2.75, 3.05) is 0 Å². The third-order valence-corrected chi connectivity index (χ3v) is 5.67. The lowest BCUT2D eigenvalue weighted by molar-refractivity contribution is 0.455. The van der Waals surface area contributed by atoms with Gasteiger partial charge in [-0.2, -0.15) is 0 Å². The van der Waals surface area contributed by atoms with Crippen molar-refractivity contribution in [1.29, 1.82) is 0 Å². The molecule has 0 radical (unpaired) electrons. The summed E-state index contributed by atoms with van der Waals surface area (Å²) in [5.74, 6) is 0.748. The molecule has 0 aliphatic carbocycles. The standard InChI is InChI=1S/C26H29ClO2/c1-3-5-6-7-8-9-11-22-18-21-16-17-23(25(27)24(21)26(28)29-22)20-14-12-19(10-4-2)13-15-20/h4,10,12-18H,3,5-9,11H2,1-2H3/b10-4+. The summed E-state index contributed by atoms with van der Waals surface area (Å²) in [6.45, 7) is 4.22. The molecule has 3 heteroatoms. The van der Waals surface area contributed by atoms with Crippen LogP contribution < -0.4 is 5.63 Å². The molecule has 3 rings (SSSR count). The molecule has 1 heterocycles. The number of benzene rings is 2. The van der Waals surface area contributed by atoms with Gasteiger partial charge in [-0.15, -0.1) is 0 Å². The Morgan fingerprint density at radius 1 is 0.966 bits per heavy atom. The topological polar surface area (TPSA) is 30.2 Å². The van der Waals surface area contributed by atoms with Crippen LogP contribution >= 0.6 is 11.6 Å². The zero-order valence-electron chi connectivity index (χ0n) is 17.3. The fourth-order valence-electron chi connectivity index (χ4n) is 3.68. The Bertz CT molecular complexity index is 1030. The van der Waals surface area contributed by atoms with Crippen LogP contribution in [0.2, 0.25) is 5.02 Å². The molecular formula is C26H29ClO2. The lowest BCUT2D eigenvalue weighted by Gasteiger charge is -2.09. The lowest BCUT2D eigenvalue weighted by atomic mass is 10.00. The van der Waals surface area contributed by atoms with Crippen molar-refractivity contribution in [3.8, 4) is 11.1 Å². The summed E-state index contributed by atoms with van der Waals surface area (Å²) in [5.41, 5.74) is 2.62. The maximum absolute atomic E-state index is 12.7. The number of rotatable bonds is 9. The molecule has 1 aromatic heterocycles. The molecule has 0 fully saturated rings. The van der Waals surface area contributed by atoms with Crippen molar-refractivity contribution >= 4 is 28.4 Å². The highest BCUT2D eigenvalue weighted by Gasteiger charge is 2.13. The number of aryl methyl sites for hydroxylation is 1. The summed E-state index contributed by atoms with van der Waals surface area (Å²) in [6, 6.07) is 14.1. The van der Waals surface area contributed by atoms with E-state index < -0.39 is 0 Å². The van der Waals surface area contributed by atoms with Crippen molar-refractivity contribution in [3.05, 3.63) is 75.3 Å². The third-order valence-electron chi connectivity index (χ3n) is 5.28. The first kappa shape index (κ1) is 21.4. The van der Waals surface area contributed by atoms with Crippen molar-refractivity contribution in [2.45, 2.75) is 58.8 Å². The van der Waals surface area contributed by atoms with E-state index in [1.807, 2.05) is 61.5 Å². The minimum absolute atomic E-state index is 0.346. The van der Waals surface area contributed by atoms with Gasteiger partial charge in [0.1, 0.15) is 5.76 Å². The van der Waals surface area contributed by atoms with E-state index in [4.69, 9.17) is 16.0 Å². The summed E-state index contributed by atoms with van der Waals surface area (Å²) in [6.07, 6.45) is 12.1. The highest BCUT2D eigenvalue weighted by atomic mass is 35.5. The van der Waals surface area contributed by atoms with Gasteiger partial charge in [-0.1, -0.05) is 99.2 Å². The Kier molecular flexibility index (Phi) is 7.71. The van der Waals surface area contributed by atoms with E-state index in [0.717, 1.165) is 40.7 Å². The van der Waals surface area contributed by atoms with Gasteiger partial charge in [0.05, 0.1) is 10.4 Å². The van der Waals surface area contributed by atoms with Gasteiger partial charge >= 0.3 is 5.63 Å². The number of allylic oxidation sites excluding steroid dienone is 1. The Morgan fingerprint density at radius 2 is 1.69 bits per heavy atom. The largest absolute Gasteiger partial charge is 0.427 e. The van der Waals surface area contributed by atoms with E-state index in [-0.39, 0.29) is 5.63 Å². The highest BCUT2D eigenvalue weighted by molar-refractivity contribution is 6.38. The van der Waals surface area contributed by atoms with Crippen LogP contribution in [0.3, 0.4) is 0 Å². The Hall–Kier alpha value is -2.32. The van der Waals surface area contributed by atoms with Gasteiger partial charge < -0.3 is 4.42 Å². The molecule has 2 nitrogen and oxygen atoms in total. The molecule has 0 saturated heterocycles. The van der Waals surface area contributed by atoms with E-state index >= 15 is 0 Å². The van der Waals surface area contributed by atoms with E-state index in [1.54, 1.807) is 0 Å². The third kappa shape index (κ3) is 5.39. The first-order chi connectivity index (χ1) is 14.1. The van der Waals surface area contributed by atoms with E-state index in [0.29, 0.717) is 10.4 Å². The molecule has 0 spiro atoms. The van der Waals surface area contributed by atoms with Crippen LogP contribution in [0.25, 0.3) is 28.0 Å². The van der Waals surface area contributed by atoms with Crippen LogP contribution in [0.15, 0.2) is 57.8 Å². The highest BCUT2D eigenvalue weighted by Crippen LogP contribution is 2.33. The molecule has 152 valence electrons. The minimum Gasteiger partial charge on any atom is -0.427 e. The number of hydrogen-bond acceptors (Lipinski definition) is 2. The van der Waals surface area contributed by atoms with Gasteiger partial charge in [-0.3, -0.25) is 0 Å². The van der Waals surface area contributed by atoms with Gasteiger partial charge in [-0.05, 0) is 35.9 Å². The van der Waals surface area contributed by atoms with Crippen molar-refractivity contribution < 1.29 is 4.42 Å². The van der Waals surface area contributed by atoms with Gasteiger partial charge in [0.25, 0.3) is 0 Å². The summed E-state index contributed by atoms with van der Waals surface area (Å²) in [7, 11) is 0. The molecule has 0 unspecified atom stereocenters. The second-order valence-corrected chi connectivity index (χ2v) is 7.91. The van der Waals surface area contributed by atoms with Crippen LogP contribution in [0.1, 0.15) is 63.7 Å². The first-order valence-electron chi connectivity index (χ1n) is 10.6. The summed E-state index contributed by atoms with van der Waals surface area (Å²) >= 11 is 6.64. The number of hydrogen-bond donors (Lipinski definition) is 0. The van der Waals surface area contributed by atoms with Gasteiger partial charge in [0.15, 0.2) is 0 Å². The molecule has 3 aromatic rings. The minimum atomic E-state index is -0.346. The maximum atomic E-state index is 12.7. The molecule has 0 aliphatic rings. The van der Waals surface area contributed by atoms with Crippen LogP contribution in [-0.4, -0.2) is 0 Å². The molecule has 0 aliphatic heterocycles. The van der Waals surface area contributed by atoms with E-state index in [1.165, 1.54) is 32.1 Å². The Morgan fingerprint density at radius 3 is 2.41 bits per heavy atom. The predicted octanol–water partition coefficient (Wildman–Crippen LogP) is 8.05. The second-order valence-electron chi connectivity index (χ2n) is 7.53. The zero-order chi connectivity index (χ0) is 20.6. The Balaban J connectivity index is 1.81. The van der Waals surface area contributed by atoms with E-state index in [9.17, 15) is 4.79 Å². The van der Waals surface area contributed by atoms with Crippen LogP contribution in [-0.2, 0) is 6.42 Å². The van der Waals surface area contributed by atoms with Crippen LogP contribution in [0, 0.1) is 0 Å². The lowest BCUT2D eigenvalue weighted by Crippen LogP contribution is -2.03. The average Bonchev–Trinajstić information content (AvgIpc) is 2.71. The molecule has 0 saturated carbocycles. The van der Waals surface area contributed by atoms with Gasteiger partial charge in [0, 0.05) is 12.0 Å². The maximum Gasteiger partial charge on any atom is 0.345 e. The molecule has 0 bridgehead atoms. The summed E-state index contributed by atoms with van der Waals surface area (Å²) < 4.78 is 5.59. The normalized spacial score (nSPS) is 11.6. The van der Waals surface area contributed by atoms with E-state index in [2.05, 4.69) is 6.92 Å². The van der Waals surface area contributed by atoms with Crippen LogP contribution in [0.4, 0.5) is 0 Å². The smallest absolute Gasteiger partial charge is 0.345 e. The average molecular weight is 409 g/mol. The van der Waals surface area contributed by atoms with Gasteiger partial charge in [0.2, 0.25) is 0 Å². The fraction of sp³-hybridized carbons (Fsp3) is 0.346. The summed E-state index contributed by atoms with van der Waals surface area (Å²) in [4.78, 5) is 12.7. The van der Waals surface area contributed by atoms with Crippen LogP contribution in [0.5, 0.6) is 0 Å². The van der Waals surface area contributed by atoms with Crippen molar-refractivity contribution in [3.63, 3.8) is 0 Å². The summed E-state index contributed by atoms with van der Waals surface area (Å²) in [5, 5.41) is 1.77. The molecule has 2 aromatic carbocycles.